The normalized spacial score (nSPS) is 12.8. The minimum atomic E-state index is -0.120. The largest absolute Gasteiger partial charge is 0.455 e. The number of hydrogen-bond donors (Lipinski definition) is 0. The lowest BCUT2D eigenvalue weighted by Crippen LogP contribution is -2.17. The summed E-state index contributed by atoms with van der Waals surface area (Å²) in [4.78, 5) is 21.6. The Labute approximate surface area is 462 Å². The van der Waals surface area contributed by atoms with Crippen LogP contribution in [0.25, 0.3) is 122 Å². The monoisotopic (exact) mass is 1030 g/mol. The summed E-state index contributed by atoms with van der Waals surface area (Å²) in [6.07, 6.45) is 3.93. The van der Waals surface area contributed by atoms with Gasteiger partial charge in [-0.25, -0.2) is 15.0 Å². The van der Waals surface area contributed by atoms with E-state index in [0.717, 1.165) is 94.0 Å². The van der Waals surface area contributed by atoms with E-state index < -0.39 is 0 Å². The zero-order valence-corrected chi connectivity index (χ0v) is 47.4. The highest BCUT2D eigenvalue weighted by Gasteiger charge is 2.28. The van der Waals surface area contributed by atoms with Crippen molar-refractivity contribution in [3.63, 3.8) is 0 Å². The summed E-state index contributed by atoms with van der Waals surface area (Å²) in [7, 11) is 0. The van der Waals surface area contributed by atoms with Crippen molar-refractivity contribution in [2.45, 2.75) is 105 Å². The van der Waals surface area contributed by atoms with E-state index in [4.69, 9.17) is 24.4 Å². The lowest BCUT2D eigenvalue weighted by molar-refractivity contribution is 0.568. The predicted octanol–water partition coefficient (Wildman–Crippen LogP) is 19.2. The van der Waals surface area contributed by atoms with E-state index in [1.807, 2.05) is 18.5 Å². The van der Waals surface area contributed by atoms with E-state index in [0.29, 0.717) is 17.5 Å². The van der Waals surface area contributed by atoms with Gasteiger partial charge in [0.25, 0.3) is 0 Å². The molecule has 7 nitrogen and oxygen atoms in total. The Balaban J connectivity index is 1.12. The number of nitrogens with zero attached hydrogens (tertiary/aromatic N) is 6. The van der Waals surface area contributed by atoms with Gasteiger partial charge in [-0.1, -0.05) is 168 Å². The second-order valence-electron chi connectivity index (χ2n) is 25.7. The van der Waals surface area contributed by atoms with Crippen LogP contribution in [0.1, 0.15) is 105 Å². The number of fused-ring (bicyclic) bond motifs is 10. The van der Waals surface area contributed by atoms with Crippen LogP contribution < -0.4 is 0 Å². The molecular formula is C72H66N6O. The van der Waals surface area contributed by atoms with E-state index in [-0.39, 0.29) is 21.7 Å². The molecule has 0 saturated heterocycles. The van der Waals surface area contributed by atoms with Gasteiger partial charge in [-0.2, -0.15) is 0 Å². The van der Waals surface area contributed by atoms with Crippen LogP contribution in [-0.2, 0) is 21.7 Å². The quantitative estimate of drug-likeness (QED) is 0.166. The molecule has 0 amide bonds. The molecule has 0 atom stereocenters. The highest BCUT2D eigenvalue weighted by Crippen LogP contribution is 2.45. The molecule has 0 N–H and O–H groups in total. The summed E-state index contributed by atoms with van der Waals surface area (Å²) >= 11 is 0. The Morgan fingerprint density at radius 2 is 0.797 bits per heavy atom. The highest BCUT2D eigenvalue weighted by molar-refractivity contribution is 6.24. The molecule has 0 aliphatic heterocycles. The van der Waals surface area contributed by atoms with E-state index in [2.05, 4.69) is 256 Å². The fourth-order valence-electron chi connectivity index (χ4n) is 11.6. The molecule has 13 rings (SSSR count). The Morgan fingerprint density at radius 1 is 0.354 bits per heavy atom. The first-order chi connectivity index (χ1) is 37.7. The fourth-order valence-corrected chi connectivity index (χ4v) is 11.6. The summed E-state index contributed by atoms with van der Waals surface area (Å²) in [6.45, 7) is 27.3. The number of furan rings is 1. The number of rotatable bonds is 6. The van der Waals surface area contributed by atoms with Crippen LogP contribution in [0.2, 0.25) is 0 Å². The molecule has 79 heavy (non-hydrogen) atoms. The third-order valence-corrected chi connectivity index (χ3v) is 16.1. The van der Waals surface area contributed by atoms with Crippen molar-refractivity contribution < 1.29 is 4.42 Å². The third kappa shape index (κ3) is 8.49. The smallest absolute Gasteiger partial charge is 0.164 e. The molecule has 8 aromatic carbocycles. The minimum Gasteiger partial charge on any atom is -0.455 e. The van der Waals surface area contributed by atoms with Crippen LogP contribution in [0.4, 0.5) is 0 Å². The zero-order chi connectivity index (χ0) is 54.9. The van der Waals surface area contributed by atoms with Crippen molar-refractivity contribution in [2.24, 2.45) is 0 Å². The van der Waals surface area contributed by atoms with Crippen LogP contribution in [0.3, 0.4) is 0 Å². The molecule has 0 unspecified atom stereocenters. The Kier molecular flexibility index (Phi) is 11.3. The van der Waals surface area contributed by atoms with Crippen LogP contribution in [0.5, 0.6) is 0 Å². The van der Waals surface area contributed by atoms with Gasteiger partial charge in [-0.3, -0.25) is 4.98 Å². The van der Waals surface area contributed by atoms with Gasteiger partial charge in [0.05, 0.1) is 38.8 Å². The van der Waals surface area contributed by atoms with E-state index in [1.165, 1.54) is 33.0 Å². The summed E-state index contributed by atoms with van der Waals surface area (Å²) in [5.74, 6) is 1.85. The third-order valence-electron chi connectivity index (χ3n) is 16.1. The first-order valence-corrected chi connectivity index (χ1v) is 27.7. The summed E-state index contributed by atoms with van der Waals surface area (Å²) < 4.78 is 11.6. The lowest BCUT2D eigenvalue weighted by Gasteiger charge is -2.26. The van der Waals surface area contributed by atoms with Crippen LogP contribution >= 0.6 is 0 Å². The van der Waals surface area contributed by atoms with Gasteiger partial charge < -0.3 is 13.6 Å². The lowest BCUT2D eigenvalue weighted by atomic mass is 9.79. The summed E-state index contributed by atoms with van der Waals surface area (Å²) in [6, 6.07) is 61.6. The van der Waals surface area contributed by atoms with Gasteiger partial charge in [-0.05, 0) is 129 Å². The van der Waals surface area contributed by atoms with E-state index in [1.54, 1.807) is 0 Å². The van der Waals surface area contributed by atoms with Crippen molar-refractivity contribution in [3.8, 4) is 56.7 Å². The fraction of sp³-hybridized carbons (Fsp3) is 0.222. The Hall–Kier alpha value is -8.68. The molecule has 0 bridgehead atoms. The molecule has 0 spiro atoms. The molecule has 0 aliphatic carbocycles. The number of benzene rings is 8. The van der Waals surface area contributed by atoms with Crippen LogP contribution in [0, 0.1) is 0 Å². The summed E-state index contributed by atoms with van der Waals surface area (Å²) in [5, 5.41) is 6.75. The number of para-hydroxylation sites is 4. The van der Waals surface area contributed by atoms with Crippen LogP contribution in [0.15, 0.2) is 187 Å². The molecule has 0 radical (unpaired) electrons. The average molecular weight is 1030 g/mol. The van der Waals surface area contributed by atoms with Gasteiger partial charge >= 0.3 is 0 Å². The van der Waals surface area contributed by atoms with Crippen molar-refractivity contribution in [1.29, 1.82) is 0 Å². The maximum atomic E-state index is 6.78. The van der Waals surface area contributed by atoms with E-state index in [9.17, 15) is 0 Å². The second-order valence-corrected chi connectivity index (χ2v) is 25.7. The highest BCUT2D eigenvalue weighted by atomic mass is 16.3. The van der Waals surface area contributed by atoms with Crippen LogP contribution in [-0.4, -0.2) is 29.1 Å². The predicted molar refractivity (Wildman–Crippen MR) is 330 cm³/mol. The maximum absolute atomic E-state index is 6.78. The maximum Gasteiger partial charge on any atom is 0.164 e. The standard InChI is InChI=1S/C72H66N6O/c1-69(2,3)46-35-44(36-47(40-46)70(4,5)6)67-74-66(75-68(76-67)45-37-48(71(7,8)9)41-49(38-45)72(10,11)12)43-29-31-60(77-57-25-17-13-21-50(57)51-22-14-18-26-58(51)77)55(39-43)56-42-73-34-33-61(56)78-59-27-19-15-24-54(59)64-62(78)32-30-53-52-23-16-20-28-63(52)79-65(53)64/h13-42H,1-12H3. The number of pyridine rings is 1. The van der Waals surface area contributed by atoms with Gasteiger partial charge in [0.15, 0.2) is 17.5 Å². The number of aromatic nitrogens is 6. The SMILES string of the molecule is CC(C)(C)c1cc(-c2nc(-c3cc(C(C)(C)C)cc(C(C)(C)C)c3)nc(-c3ccc(-n4c5ccccc5c5ccccc54)c(-c4cnccc4-n4c5ccccc5c5c6oc7ccccc7c6ccc54)c3)n2)cc(C(C)(C)C)c1. The topological polar surface area (TPSA) is 74.6 Å². The van der Waals surface area contributed by atoms with Crippen molar-refractivity contribution in [3.05, 3.63) is 205 Å². The number of hydrogen-bond acceptors (Lipinski definition) is 5. The van der Waals surface area contributed by atoms with Gasteiger partial charge in [0.1, 0.15) is 11.2 Å². The average Bonchev–Trinajstić information content (AvgIpc) is 3.61. The molecule has 390 valence electrons. The van der Waals surface area contributed by atoms with Gasteiger partial charge in [0, 0.05) is 67.1 Å². The molecule has 5 heterocycles. The Morgan fingerprint density at radius 3 is 1.33 bits per heavy atom. The second kappa shape index (κ2) is 17.9. The van der Waals surface area contributed by atoms with Crippen molar-refractivity contribution in [2.75, 3.05) is 0 Å². The van der Waals surface area contributed by atoms with Crippen molar-refractivity contribution >= 4 is 65.6 Å². The first-order valence-electron chi connectivity index (χ1n) is 27.7. The molecular weight excluding hydrogens is 965 g/mol. The molecule has 7 heteroatoms. The molecule has 0 saturated carbocycles. The van der Waals surface area contributed by atoms with Crippen molar-refractivity contribution in [1.82, 2.24) is 29.1 Å². The molecule has 0 fully saturated rings. The minimum absolute atomic E-state index is 0.120. The van der Waals surface area contributed by atoms with Gasteiger partial charge in [-0.15, -0.1) is 0 Å². The van der Waals surface area contributed by atoms with E-state index >= 15 is 0 Å². The molecule has 5 aromatic heterocycles. The Bertz CT molecular complexity index is 4380. The molecule has 13 aromatic rings. The molecule has 0 aliphatic rings. The zero-order valence-electron chi connectivity index (χ0n) is 47.4. The summed E-state index contributed by atoms with van der Waals surface area (Å²) in [5.41, 5.74) is 17.2. The first kappa shape index (κ1) is 49.9. The van der Waals surface area contributed by atoms with Gasteiger partial charge in [0.2, 0.25) is 0 Å².